The van der Waals surface area contributed by atoms with Gasteiger partial charge in [0.15, 0.2) is 0 Å². The SMILES string of the molecule is COc1ccc(-c2ncncc2C(=O)O)cc1C. The summed E-state index contributed by atoms with van der Waals surface area (Å²) in [6, 6.07) is 5.41. The van der Waals surface area contributed by atoms with Crippen LogP contribution in [0.5, 0.6) is 5.75 Å². The van der Waals surface area contributed by atoms with Crippen molar-refractivity contribution < 1.29 is 14.6 Å². The lowest BCUT2D eigenvalue weighted by Crippen LogP contribution is -2.02. The quantitative estimate of drug-likeness (QED) is 0.895. The molecule has 5 nitrogen and oxygen atoms in total. The summed E-state index contributed by atoms with van der Waals surface area (Å²) in [5.74, 6) is -0.288. The number of aromatic nitrogens is 2. The molecule has 1 aromatic heterocycles. The van der Waals surface area contributed by atoms with Gasteiger partial charge >= 0.3 is 5.97 Å². The molecule has 1 heterocycles. The zero-order valence-corrected chi connectivity index (χ0v) is 10.0. The van der Waals surface area contributed by atoms with Crippen molar-refractivity contribution >= 4 is 5.97 Å². The van der Waals surface area contributed by atoms with Crippen LogP contribution in [0.15, 0.2) is 30.7 Å². The second kappa shape index (κ2) is 4.83. The smallest absolute Gasteiger partial charge is 0.339 e. The van der Waals surface area contributed by atoms with Crippen molar-refractivity contribution in [2.75, 3.05) is 7.11 Å². The number of aromatic carboxylic acids is 1. The van der Waals surface area contributed by atoms with Crippen LogP contribution in [0.1, 0.15) is 15.9 Å². The summed E-state index contributed by atoms with van der Waals surface area (Å²) in [5.41, 5.74) is 2.14. The summed E-state index contributed by atoms with van der Waals surface area (Å²) in [6.45, 7) is 1.89. The molecule has 0 aliphatic heterocycles. The first-order valence-electron chi connectivity index (χ1n) is 5.32. The molecule has 18 heavy (non-hydrogen) atoms. The molecule has 0 atom stereocenters. The highest BCUT2D eigenvalue weighted by Gasteiger charge is 2.13. The molecule has 5 heteroatoms. The Bertz CT molecular complexity index is 597. The monoisotopic (exact) mass is 244 g/mol. The second-order valence-electron chi connectivity index (χ2n) is 3.77. The Labute approximate surface area is 104 Å². The Balaban J connectivity index is 2.55. The summed E-state index contributed by atoms with van der Waals surface area (Å²) < 4.78 is 5.16. The highest BCUT2D eigenvalue weighted by molar-refractivity contribution is 5.94. The van der Waals surface area contributed by atoms with Crippen LogP contribution in [-0.4, -0.2) is 28.2 Å². The van der Waals surface area contributed by atoms with Crippen molar-refractivity contribution in [3.63, 3.8) is 0 Å². The van der Waals surface area contributed by atoms with Gasteiger partial charge in [0.25, 0.3) is 0 Å². The zero-order valence-electron chi connectivity index (χ0n) is 10.0. The summed E-state index contributed by atoms with van der Waals surface area (Å²) in [4.78, 5) is 18.9. The number of nitrogens with zero attached hydrogens (tertiary/aromatic N) is 2. The number of carboxylic acids is 1. The number of rotatable bonds is 3. The van der Waals surface area contributed by atoms with E-state index in [0.717, 1.165) is 16.9 Å². The third-order valence-corrected chi connectivity index (χ3v) is 2.61. The number of carboxylic acid groups (broad SMARTS) is 1. The third-order valence-electron chi connectivity index (χ3n) is 2.61. The first kappa shape index (κ1) is 12.0. The fraction of sp³-hybridized carbons (Fsp3) is 0.154. The largest absolute Gasteiger partial charge is 0.496 e. The maximum absolute atomic E-state index is 11.1. The van der Waals surface area contributed by atoms with Gasteiger partial charge in [0.05, 0.1) is 12.8 Å². The molecule has 0 bridgehead atoms. The Kier molecular flexibility index (Phi) is 3.23. The topological polar surface area (TPSA) is 72.3 Å². The Hall–Kier alpha value is -2.43. The van der Waals surface area contributed by atoms with Crippen molar-refractivity contribution in [2.24, 2.45) is 0 Å². The van der Waals surface area contributed by atoms with E-state index in [0.29, 0.717) is 5.69 Å². The zero-order chi connectivity index (χ0) is 13.1. The van der Waals surface area contributed by atoms with Gasteiger partial charge in [0.1, 0.15) is 17.6 Å². The molecule has 92 valence electrons. The summed E-state index contributed by atoms with van der Waals surface area (Å²) in [7, 11) is 1.59. The van der Waals surface area contributed by atoms with E-state index in [1.54, 1.807) is 19.2 Å². The van der Waals surface area contributed by atoms with E-state index < -0.39 is 5.97 Å². The fourth-order valence-corrected chi connectivity index (χ4v) is 1.74. The standard InChI is InChI=1S/C13H12N2O3/c1-8-5-9(3-4-11(8)18-2)12-10(13(16)17)6-14-7-15-12/h3-7H,1-2H3,(H,16,17). The van der Waals surface area contributed by atoms with Crippen LogP contribution in [0.4, 0.5) is 0 Å². The molecule has 0 amide bonds. The lowest BCUT2D eigenvalue weighted by Gasteiger charge is -2.08. The molecule has 0 aliphatic rings. The molecular formula is C13H12N2O3. The maximum atomic E-state index is 11.1. The van der Waals surface area contributed by atoms with Crippen molar-refractivity contribution in [1.29, 1.82) is 0 Å². The predicted octanol–water partition coefficient (Wildman–Crippen LogP) is 2.16. The second-order valence-corrected chi connectivity index (χ2v) is 3.77. The number of benzene rings is 1. The van der Waals surface area contributed by atoms with Crippen LogP contribution >= 0.6 is 0 Å². The first-order valence-corrected chi connectivity index (χ1v) is 5.32. The molecule has 2 aromatic rings. The van der Waals surface area contributed by atoms with Gasteiger partial charge in [0.2, 0.25) is 0 Å². The van der Waals surface area contributed by atoms with Gasteiger partial charge in [0, 0.05) is 11.8 Å². The van der Waals surface area contributed by atoms with Gasteiger partial charge < -0.3 is 9.84 Å². The fourth-order valence-electron chi connectivity index (χ4n) is 1.74. The molecule has 0 saturated carbocycles. The maximum Gasteiger partial charge on any atom is 0.339 e. The molecule has 0 unspecified atom stereocenters. The van der Waals surface area contributed by atoms with E-state index in [1.807, 2.05) is 13.0 Å². The average molecular weight is 244 g/mol. The van der Waals surface area contributed by atoms with Gasteiger partial charge in [-0.05, 0) is 30.7 Å². The highest BCUT2D eigenvalue weighted by atomic mass is 16.5. The summed E-state index contributed by atoms with van der Waals surface area (Å²) >= 11 is 0. The number of aryl methyl sites for hydroxylation is 1. The summed E-state index contributed by atoms with van der Waals surface area (Å²) in [5, 5.41) is 9.09. The van der Waals surface area contributed by atoms with E-state index in [1.165, 1.54) is 12.5 Å². The van der Waals surface area contributed by atoms with Crippen molar-refractivity contribution in [3.05, 3.63) is 41.9 Å². The van der Waals surface area contributed by atoms with Crippen LogP contribution in [0.2, 0.25) is 0 Å². The third kappa shape index (κ3) is 2.15. The van der Waals surface area contributed by atoms with Gasteiger partial charge in [-0.2, -0.15) is 0 Å². The van der Waals surface area contributed by atoms with Gasteiger partial charge in [-0.3, -0.25) is 0 Å². The molecule has 0 aliphatic carbocycles. The molecule has 1 N–H and O–H groups in total. The molecule has 2 rings (SSSR count). The predicted molar refractivity (Wildman–Crippen MR) is 65.7 cm³/mol. The number of carbonyl (C=O) groups is 1. The highest BCUT2D eigenvalue weighted by Crippen LogP contribution is 2.26. The number of ether oxygens (including phenoxy) is 1. The molecular weight excluding hydrogens is 232 g/mol. The van der Waals surface area contributed by atoms with Crippen LogP contribution in [0.3, 0.4) is 0 Å². The minimum Gasteiger partial charge on any atom is -0.496 e. The molecule has 0 saturated heterocycles. The lowest BCUT2D eigenvalue weighted by molar-refractivity contribution is 0.0697. The van der Waals surface area contributed by atoms with Crippen LogP contribution < -0.4 is 4.74 Å². The van der Waals surface area contributed by atoms with E-state index in [-0.39, 0.29) is 5.56 Å². The van der Waals surface area contributed by atoms with Crippen molar-refractivity contribution in [2.45, 2.75) is 6.92 Å². The molecule has 0 radical (unpaired) electrons. The first-order chi connectivity index (χ1) is 8.63. The Morgan fingerprint density at radius 1 is 1.39 bits per heavy atom. The van der Waals surface area contributed by atoms with Crippen LogP contribution in [-0.2, 0) is 0 Å². The van der Waals surface area contributed by atoms with Gasteiger partial charge in [-0.25, -0.2) is 14.8 Å². The average Bonchev–Trinajstić information content (AvgIpc) is 2.38. The lowest BCUT2D eigenvalue weighted by atomic mass is 10.0. The number of methoxy groups -OCH3 is 1. The van der Waals surface area contributed by atoms with E-state index in [4.69, 9.17) is 9.84 Å². The van der Waals surface area contributed by atoms with Crippen molar-refractivity contribution in [1.82, 2.24) is 9.97 Å². The van der Waals surface area contributed by atoms with Gasteiger partial charge in [-0.15, -0.1) is 0 Å². The van der Waals surface area contributed by atoms with E-state index in [9.17, 15) is 4.79 Å². The minimum atomic E-state index is -1.04. The number of hydrogen-bond donors (Lipinski definition) is 1. The Morgan fingerprint density at radius 2 is 2.17 bits per heavy atom. The Morgan fingerprint density at radius 3 is 2.78 bits per heavy atom. The van der Waals surface area contributed by atoms with Crippen LogP contribution in [0.25, 0.3) is 11.3 Å². The van der Waals surface area contributed by atoms with E-state index in [2.05, 4.69) is 9.97 Å². The molecule has 0 fully saturated rings. The minimum absolute atomic E-state index is 0.0852. The number of hydrogen-bond acceptors (Lipinski definition) is 4. The van der Waals surface area contributed by atoms with Crippen LogP contribution in [0, 0.1) is 6.92 Å². The van der Waals surface area contributed by atoms with Gasteiger partial charge in [-0.1, -0.05) is 0 Å². The normalized spacial score (nSPS) is 10.1. The van der Waals surface area contributed by atoms with Crippen molar-refractivity contribution in [3.8, 4) is 17.0 Å². The van der Waals surface area contributed by atoms with E-state index >= 15 is 0 Å². The summed E-state index contributed by atoms with van der Waals surface area (Å²) in [6.07, 6.45) is 2.63. The molecule has 0 spiro atoms. The molecule has 1 aromatic carbocycles.